The van der Waals surface area contributed by atoms with Crippen molar-refractivity contribution in [3.8, 4) is 0 Å². The lowest BCUT2D eigenvalue weighted by atomic mass is 9.87. The van der Waals surface area contributed by atoms with E-state index in [4.69, 9.17) is 0 Å². The second kappa shape index (κ2) is 3.71. The van der Waals surface area contributed by atoms with Gasteiger partial charge in [-0.1, -0.05) is 20.8 Å². The van der Waals surface area contributed by atoms with Crippen molar-refractivity contribution < 1.29 is 9.90 Å². The minimum Gasteiger partial charge on any atom is -0.393 e. The molecule has 0 bridgehead atoms. The summed E-state index contributed by atoms with van der Waals surface area (Å²) >= 11 is 0. The zero-order chi connectivity index (χ0) is 8.20. The van der Waals surface area contributed by atoms with E-state index in [-0.39, 0.29) is 11.5 Å². The van der Waals surface area contributed by atoms with Crippen molar-refractivity contribution >= 4 is 6.29 Å². The van der Waals surface area contributed by atoms with E-state index < -0.39 is 0 Å². The predicted molar refractivity (Wildman–Crippen MR) is 40.8 cm³/mol. The van der Waals surface area contributed by atoms with E-state index in [2.05, 4.69) is 0 Å². The van der Waals surface area contributed by atoms with Crippen LogP contribution >= 0.6 is 0 Å². The highest BCUT2D eigenvalue weighted by molar-refractivity contribution is 5.49. The molecule has 1 N–H and O–H groups in total. The van der Waals surface area contributed by atoms with Crippen LogP contribution in [-0.2, 0) is 4.79 Å². The molecule has 60 valence electrons. The Morgan fingerprint density at radius 3 is 2.30 bits per heavy atom. The molecule has 10 heavy (non-hydrogen) atoms. The molecular formula is C8H16O2. The van der Waals surface area contributed by atoms with E-state index in [0.717, 1.165) is 6.29 Å². The Bertz CT molecular complexity index is 102. The van der Waals surface area contributed by atoms with Gasteiger partial charge in [-0.25, -0.2) is 0 Å². The topological polar surface area (TPSA) is 37.3 Å². The Balaban J connectivity index is 3.61. The molecule has 1 atom stereocenters. The smallest absolute Gasteiger partial charge is 0.120 e. The van der Waals surface area contributed by atoms with Crippen LogP contribution in [0.5, 0.6) is 0 Å². The maximum absolute atomic E-state index is 9.93. The summed E-state index contributed by atoms with van der Waals surface area (Å²) in [4.78, 5) is 9.93. The van der Waals surface area contributed by atoms with Gasteiger partial charge in [-0.05, 0) is 11.8 Å². The van der Waals surface area contributed by atoms with Gasteiger partial charge >= 0.3 is 0 Å². The van der Waals surface area contributed by atoms with Crippen LogP contribution in [0.15, 0.2) is 0 Å². The number of carbonyl (C=O) groups excluding carboxylic acids is 1. The molecule has 2 nitrogen and oxygen atoms in total. The number of aldehydes is 1. The van der Waals surface area contributed by atoms with Crippen molar-refractivity contribution in [2.75, 3.05) is 0 Å². The van der Waals surface area contributed by atoms with Crippen molar-refractivity contribution in [3.05, 3.63) is 0 Å². The van der Waals surface area contributed by atoms with E-state index in [1.54, 1.807) is 0 Å². The second-order valence-corrected chi connectivity index (χ2v) is 3.63. The molecule has 0 saturated carbocycles. The van der Waals surface area contributed by atoms with Crippen molar-refractivity contribution in [1.29, 1.82) is 0 Å². The third-order valence-electron chi connectivity index (χ3n) is 1.56. The van der Waals surface area contributed by atoms with Gasteiger partial charge in [-0.3, -0.25) is 0 Å². The highest BCUT2D eigenvalue weighted by atomic mass is 16.3. The van der Waals surface area contributed by atoms with Crippen LogP contribution in [0.3, 0.4) is 0 Å². The van der Waals surface area contributed by atoms with Crippen molar-refractivity contribution in [1.82, 2.24) is 0 Å². The number of hydrogen-bond donors (Lipinski definition) is 1. The molecule has 0 aliphatic rings. The van der Waals surface area contributed by atoms with Crippen LogP contribution in [0, 0.1) is 5.41 Å². The summed E-state index contributed by atoms with van der Waals surface area (Å²) in [6.07, 6.45) is 1.51. The molecule has 1 unspecified atom stereocenters. The largest absolute Gasteiger partial charge is 0.393 e. The minimum atomic E-state index is -0.363. The Kier molecular flexibility index (Phi) is 3.58. The summed E-state index contributed by atoms with van der Waals surface area (Å²) in [7, 11) is 0. The van der Waals surface area contributed by atoms with Gasteiger partial charge in [0.15, 0.2) is 0 Å². The average molecular weight is 144 g/mol. The molecule has 0 aliphatic carbocycles. The molecular weight excluding hydrogens is 128 g/mol. The molecule has 0 rings (SSSR count). The van der Waals surface area contributed by atoms with Gasteiger partial charge < -0.3 is 9.90 Å². The fourth-order valence-electron chi connectivity index (χ4n) is 0.659. The minimum absolute atomic E-state index is 0.0942. The standard InChI is InChI=1S/C8H16O2/c1-8(2,3)7(10)5-4-6-9/h6-7,10H,4-5H2,1-3H3. The Morgan fingerprint density at radius 2 is 2.00 bits per heavy atom. The van der Waals surface area contributed by atoms with Gasteiger partial charge in [0.05, 0.1) is 6.10 Å². The Labute approximate surface area is 62.2 Å². The fourth-order valence-corrected chi connectivity index (χ4v) is 0.659. The summed E-state index contributed by atoms with van der Waals surface area (Å²) in [5, 5.41) is 9.36. The Morgan fingerprint density at radius 1 is 1.50 bits per heavy atom. The molecule has 0 aromatic heterocycles. The van der Waals surface area contributed by atoms with Crippen LogP contribution < -0.4 is 0 Å². The number of carbonyl (C=O) groups is 1. The molecule has 0 spiro atoms. The van der Waals surface area contributed by atoms with Crippen LogP contribution in [0.4, 0.5) is 0 Å². The predicted octanol–water partition coefficient (Wildman–Crippen LogP) is 1.37. The maximum atomic E-state index is 9.93. The van der Waals surface area contributed by atoms with E-state index in [9.17, 15) is 9.90 Å². The lowest BCUT2D eigenvalue weighted by molar-refractivity contribution is -0.108. The molecule has 0 heterocycles. The summed E-state index contributed by atoms with van der Waals surface area (Å²) in [5.41, 5.74) is -0.0942. The van der Waals surface area contributed by atoms with Crippen LogP contribution in [0.2, 0.25) is 0 Å². The van der Waals surface area contributed by atoms with Gasteiger partial charge in [-0.15, -0.1) is 0 Å². The zero-order valence-electron chi connectivity index (χ0n) is 6.92. The molecule has 0 amide bonds. The molecule has 0 aliphatic heterocycles. The van der Waals surface area contributed by atoms with Gasteiger partial charge in [0.1, 0.15) is 6.29 Å². The first kappa shape index (κ1) is 9.63. The monoisotopic (exact) mass is 144 g/mol. The summed E-state index contributed by atoms with van der Waals surface area (Å²) in [5.74, 6) is 0. The first-order valence-corrected chi connectivity index (χ1v) is 3.60. The van der Waals surface area contributed by atoms with E-state index in [1.165, 1.54) is 0 Å². The zero-order valence-corrected chi connectivity index (χ0v) is 6.92. The lowest BCUT2D eigenvalue weighted by Crippen LogP contribution is -2.25. The molecule has 0 radical (unpaired) electrons. The lowest BCUT2D eigenvalue weighted by Gasteiger charge is -2.24. The van der Waals surface area contributed by atoms with Crippen LogP contribution in [0.25, 0.3) is 0 Å². The highest BCUT2D eigenvalue weighted by Crippen LogP contribution is 2.21. The number of aliphatic hydroxyl groups is 1. The summed E-state index contributed by atoms with van der Waals surface area (Å²) < 4.78 is 0. The summed E-state index contributed by atoms with van der Waals surface area (Å²) in [6.45, 7) is 5.88. The third-order valence-corrected chi connectivity index (χ3v) is 1.56. The van der Waals surface area contributed by atoms with Crippen molar-refractivity contribution in [3.63, 3.8) is 0 Å². The van der Waals surface area contributed by atoms with E-state index >= 15 is 0 Å². The first-order valence-electron chi connectivity index (χ1n) is 3.60. The van der Waals surface area contributed by atoms with Gasteiger partial charge in [0.2, 0.25) is 0 Å². The highest BCUT2D eigenvalue weighted by Gasteiger charge is 2.20. The second-order valence-electron chi connectivity index (χ2n) is 3.63. The molecule has 2 heteroatoms. The van der Waals surface area contributed by atoms with Crippen molar-refractivity contribution in [2.24, 2.45) is 5.41 Å². The van der Waals surface area contributed by atoms with E-state index in [0.29, 0.717) is 12.8 Å². The maximum Gasteiger partial charge on any atom is 0.120 e. The average Bonchev–Trinajstić information content (AvgIpc) is 1.80. The Hall–Kier alpha value is -0.370. The number of rotatable bonds is 3. The SMILES string of the molecule is CC(C)(C)C(O)CCC=O. The van der Waals surface area contributed by atoms with Gasteiger partial charge in [0.25, 0.3) is 0 Å². The molecule has 0 fully saturated rings. The van der Waals surface area contributed by atoms with Gasteiger partial charge in [0, 0.05) is 6.42 Å². The van der Waals surface area contributed by atoms with Gasteiger partial charge in [-0.2, -0.15) is 0 Å². The molecule has 0 saturated heterocycles. The third kappa shape index (κ3) is 3.62. The number of hydrogen-bond acceptors (Lipinski definition) is 2. The normalized spacial score (nSPS) is 14.8. The van der Waals surface area contributed by atoms with Crippen LogP contribution in [-0.4, -0.2) is 17.5 Å². The van der Waals surface area contributed by atoms with Crippen LogP contribution in [0.1, 0.15) is 33.6 Å². The number of aliphatic hydroxyl groups excluding tert-OH is 1. The molecule has 0 aromatic carbocycles. The quantitative estimate of drug-likeness (QED) is 0.607. The van der Waals surface area contributed by atoms with Crippen molar-refractivity contribution in [2.45, 2.75) is 39.7 Å². The molecule has 0 aromatic rings. The summed E-state index contributed by atoms with van der Waals surface area (Å²) in [6, 6.07) is 0. The fraction of sp³-hybridized carbons (Fsp3) is 0.875. The van der Waals surface area contributed by atoms with E-state index in [1.807, 2.05) is 20.8 Å². The first-order chi connectivity index (χ1) is 4.48.